The fourth-order valence-corrected chi connectivity index (χ4v) is 8.44. The van der Waals surface area contributed by atoms with Crippen LogP contribution in [0, 0.1) is 0 Å². The van der Waals surface area contributed by atoms with E-state index in [9.17, 15) is 39.6 Å². The minimum absolute atomic E-state index is 0. The number of carboxylic acid groups (broad SMARTS) is 4. The van der Waals surface area contributed by atoms with Crippen molar-refractivity contribution >= 4 is 82.7 Å². The predicted molar refractivity (Wildman–Crippen MR) is 263 cm³/mol. The highest BCUT2D eigenvalue weighted by Gasteiger charge is 2.21. The van der Waals surface area contributed by atoms with E-state index in [2.05, 4.69) is 29.9 Å². The van der Waals surface area contributed by atoms with E-state index in [0.29, 0.717) is 89.9 Å². The average molecular weight is 943 g/mol. The average Bonchev–Trinajstić information content (AvgIpc) is 4.18. The van der Waals surface area contributed by atoms with Crippen LogP contribution < -0.4 is 0 Å². The Balaban J connectivity index is 0.00000642. The zero-order valence-corrected chi connectivity index (χ0v) is 37.5. The molecule has 7 aromatic heterocycles. The van der Waals surface area contributed by atoms with E-state index in [4.69, 9.17) is 9.97 Å². The third-order valence-electron chi connectivity index (χ3n) is 11.6. The van der Waals surface area contributed by atoms with Gasteiger partial charge in [-0.25, -0.2) is 9.97 Å². The molecule has 0 amide bonds. The molecule has 7 aromatic rings. The molecule has 6 N–H and O–H groups in total. The van der Waals surface area contributed by atoms with E-state index >= 15 is 0 Å². The number of fused-ring (bicyclic) bond motifs is 8. The van der Waals surface area contributed by atoms with Crippen molar-refractivity contribution in [2.24, 2.45) is 0 Å². The van der Waals surface area contributed by atoms with Crippen LogP contribution in [0.15, 0.2) is 97.6 Å². The summed E-state index contributed by atoms with van der Waals surface area (Å²) in [6.07, 6.45) is 14.7. The van der Waals surface area contributed by atoms with Gasteiger partial charge in [-0.3, -0.25) is 39.1 Å². The molecule has 346 valence electrons. The molecule has 69 heavy (non-hydrogen) atoms. The van der Waals surface area contributed by atoms with Gasteiger partial charge in [0, 0.05) is 118 Å². The summed E-state index contributed by atoms with van der Waals surface area (Å²) >= 11 is 0. The van der Waals surface area contributed by atoms with Gasteiger partial charge in [0.1, 0.15) is 0 Å². The Morgan fingerprint density at radius 3 is 0.826 bits per heavy atom. The first-order chi connectivity index (χ1) is 32.9. The number of aryl methyl sites for hydroxylation is 4. The number of pyridine rings is 4. The molecule has 2 aliphatic rings. The number of carbonyl (C=O) groups is 4. The van der Waals surface area contributed by atoms with Crippen molar-refractivity contribution in [3.8, 4) is 44.5 Å². The van der Waals surface area contributed by atoms with E-state index in [0.717, 1.165) is 22.3 Å². The van der Waals surface area contributed by atoms with Gasteiger partial charge in [-0.1, -0.05) is 0 Å². The van der Waals surface area contributed by atoms with Crippen LogP contribution in [-0.2, 0) is 44.9 Å². The summed E-state index contributed by atoms with van der Waals surface area (Å²) in [6, 6.07) is 22.6. The maximum atomic E-state index is 11.6. The second-order valence-corrected chi connectivity index (χ2v) is 16.2. The number of hydrogen-bond donors (Lipinski definition) is 6. The standard InChI is InChI=1S/C52H42N8O8.ClH/c61-45(62)13-1-33-25-29(17-21-53-33)49-37-5-7-39(57-37)50(30-18-22-54-34(26-30)2-14-46(63)64)41-9-11-43(59-41)52(32-20-24-56-36(28-32)4-16-48(67)68)44-12-10-42(60-44)51(40-8-6-38(49)58-40)31-19-23-55-35(27-31)3-15-47(65)66;/h5-12,17-28,57,60H,1-4,13-16H2,(H,61,62)(H,63,64)(H,65,66)(H,67,68);1H. The number of H-pyrrole nitrogens is 2. The third kappa shape index (κ3) is 10.7. The highest BCUT2D eigenvalue weighted by atomic mass is 35.5. The molecule has 0 saturated carbocycles. The lowest BCUT2D eigenvalue weighted by Gasteiger charge is -2.09. The fraction of sp³-hybridized carbons (Fsp3) is 0.154. The van der Waals surface area contributed by atoms with E-state index in [1.807, 2.05) is 97.1 Å². The summed E-state index contributed by atoms with van der Waals surface area (Å²) in [5.74, 6) is -3.76. The first-order valence-corrected chi connectivity index (χ1v) is 21.8. The zero-order valence-electron chi connectivity index (χ0n) is 36.7. The van der Waals surface area contributed by atoms with Gasteiger partial charge in [-0.15, -0.1) is 12.4 Å². The zero-order chi connectivity index (χ0) is 47.3. The normalized spacial score (nSPS) is 11.6. The van der Waals surface area contributed by atoms with E-state index in [1.165, 1.54) is 0 Å². The smallest absolute Gasteiger partial charge is 0.303 e. The van der Waals surface area contributed by atoms with Gasteiger partial charge < -0.3 is 30.4 Å². The fourth-order valence-electron chi connectivity index (χ4n) is 8.44. The van der Waals surface area contributed by atoms with Crippen LogP contribution >= 0.6 is 12.4 Å². The second kappa shape index (κ2) is 20.5. The number of aliphatic carboxylic acids is 4. The Kier molecular flexibility index (Phi) is 13.9. The molecule has 0 radical (unpaired) electrons. The maximum absolute atomic E-state index is 11.6. The molecule has 8 bridgehead atoms. The molecule has 17 heteroatoms. The molecule has 0 saturated heterocycles. The van der Waals surface area contributed by atoms with Crippen molar-refractivity contribution in [2.75, 3.05) is 0 Å². The van der Waals surface area contributed by atoms with Gasteiger partial charge >= 0.3 is 23.9 Å². The van der Waals surface area contributed by atoms with Crippen molar-refractivity contribution < 1.29 is 39.6 Å². The lowest BCUT2D eigenvalue weighted by molar-refractivity contribution is -0.138. The summed E-state index contributed by atoms with van der Waals surface area (Å²) in [4.78, 5) is 82.3. The summed E-state index contributed by atoms with van der Waals surface area (Å²) in [5, 5.41) is 38.0. The van der Waals surface area contributed by atoms with Gasteiger partial charge in [-0.2, -0.15) is 0 Å². The number of halogens is 1. The van der Waals surface area contributed by atoms with E-state index in [-0.39, 0.29) is 63.8 Å². The van der Waals surface area contributed by atoms with Crippen molar-refractivity contribution in [3.63, 3.8) is 0 Å². The minimum Gasteiger partial charge on any atom is -0.481 e. The van der Waals surface area contributed by atoms with Gasteiger partial charge in [0.15, 0.2) is 0 Å². The lowest BCUT2D eigenvalue weighted by atomic mass is 10.0. The van der Waals surface area contributed by atoms with Crippen LogP contribution in [-0.4, -0.2) is 84.2 Å². The second-order valence-electron chi connectivity index (χ2n) is 16.2. The van der Waals surface area contributed by atoms with Crippen LogP contribution in [0.4, 0.5) is 0 Å². The van der Waals surface area contributed by atoms with Crippen LogP contribution in [0.3, 0.4) is 0 Å². The van der Waals surface area contributed by atoms with Gasteiger partial charge in [0.2, 0.25) is 0 Å². The van der Waals surface area contributed by atoms with Crippen molar-refractivity contribution in [1.82, 2.24) is 39.9 Å². The number of rotatable bonds is 16. The molecular formula is C52H43ClN8O8. The predicted octanol–water partition coefficient (Wildman–Crippen LogP) is 9.39. The first-order valence-electron chi connectivity index (χ1n) is 21.8. The number of nitrogens with one attached hydrogen (secondary N) is 2. The lowest BCUT2D eigenvalue weighted by Crippen LogP contribution is -2.00. The summed E-state index contributed by atoms with van der Waals surface area (Å²) in [5.41, 5.74) is 13.2. The minimum atomic E-state index is -0.941. The maximum Gasteiger partial charge on any atom is 0.303 e. The number of aromatic amines is 2. The number of hydrogen-bond acceptors (Lipinski definition) is 10. The number of aromatic nitrogens is 8. The quantitative estimate of drug-likeness (QED) is 0.0528. The molecule has 0 aliphatic carbocycles. The third-order valence-corrected chi connectivity index (χ3v) is 11.6. The molecule has 2 aliphatic heterocycles. The summed E-state index contributed by atoms with van der Waals surface area (Å²) in [7, 11) is 0. The molecule has 0 aromatic carbocycles. The molecule has 0 spiro atoms. The van der Waals surface area contributed by atoms with E-state index < -0.39 is 23.9 Å². The Morgan fingerprint density at radius 1 is 0.377 bits per heavy atom. The van der Waals surface area contributed by atoms with Gasteiger partial charge in [0.05, 0.1) is 48.5 Å². The number of nitrogens with zero attached hydrogens (tertiary/aromatic N) is 6. The monoisotopic (exact) mass is 942 g/mol. The SMILES string of the molecule is Cl.O=C(O)CCc1cc(-c2c3nc(c(-c4ccnc(CCC(=O)O)c4)c4ccc([nH]4)c(-c4ccnc(CCC(=O)O)c4)c4nc(c(-c5ccnc(CCC(=O)O)c5)c5ccc2[nH]5)C=C4)C=C3)ccn1. The van der Waals surface area contributed by atoms with Crippen molar-refractivity contribution in [3.05, 3.63) is 143 Å². The van der Waals surface area contributed by atoms with Crippen LogP contribution in [0.1, 0.15) is 71.2 Å². The van der Waals surface area contributed by atoms with Crippen LogP contribution in [0.2, 0.25) is 0 Å². The molecule has 9 heterocycles. The molecule has 0 unspecified atom stereocenters. The van der Waals surface area contributed by atoms with Gasteiger partial charge in [0.25, 0.3) is 0 Å². The molecule has 9 rings (SSSR count). The largest absolute Gasteiger partial charge is 0.481 e. The van der Waals surface area contributed by atoms with Crippen molar-refractivity contribution in [2.45, 2.75) is 51.4 Å². The highest BCUT2D eigenvalue weighted by molar-refractivity contribution is 6.00. The summed E-state index contributed by atoms with van der Waals surface area (Å²) < 4.78 is 0. The summed E-state index contributed by atoms with van der Waals surface area (Å²) in [6.45, 7) is 0. The van der Waals surface area contributed by atoms with Crippen LogP contribution in [0.5, 0.6) is 0 Å². The van der Waals surface area contributed by atoms with Gasteiger partial charge in [-0.05, 0) is 119 Å². The highest BCUT2D eigenvalue weighted by Crippen LogP contribution is 2.39. The Bertz CT molecular complexity index is 2980. The molecule has 0 fully saturated rings. The first kappa shape index (κ1) is 46.9. The Labute approximate surface area is 399 Å². The van der Waals surface area contributed by atoms with Crippen molar-refractivity contribution in [1.29, 1.82) is 0 Å². The molecule has 16 nitrogen and oxygen atoms in total. The van der Waals surface area contributed by atoms with E-state index in [1.54, 1.807) is 24.8 Å². The Hall–Kier alpha value is -8.63. The van der Waals surface area contributed by atoms with Crippen LogP contribution in [0.25, 0.3) is 90.9 Å². The molecule has 0 atom stereocenters. The number of carboxylic acids is 4. The Morgan fingerprint density at radius 2 is 0.609 bits per heavy atom. The molecular weight excluding hydrogens is 900 g/mol. The topological polar surface area (TPSA) is 258 Å².